The van der Waals surface area contributed by atoms with E-state index in [0.29, 0.717) is 0 Å². The molecule has 1 N–H and O–H groups in total. The molecule has 112 valence electrons. The van der Waals surface area contributed by atoms with Crippen molar-refractivity contribution in [1.29, 1.82) is 0 Å². The van der Waals surface area contributed by atoms with Gasteiger partial charge in [0.2, 0.25) is 0 Å². The first-order valence-electron chi connectivity index (χ1n) is 6.94. The number of rotatable bonds is 5. The van der Waals surface area contributed by atoms with E-state index in [4.69, 9.17) is 11.6 Å². The zero-order chi connectivity index (χ0) is 15.4. The van der Waals surface area contributed by atoms with E-state index in [9.17, 15) is 4.39 Å². The molecular formula is C17H18BrClFN. The zero-order valence-corrected chi connectivity index (χ0v) is 14.4. The molecule has 2 rings (SSSR count). The molecule has 0 aliphatic heterocycles. The molecule has 4 heteroatoms. The van der Waals surface area contributed by atoms with Gasteiger partial charge in [0.25, 0.3) is 0 Å². The van der Waals surface area contributed by atoms with Gasteiger partial charge < -0.3 is 5.32 Å². The predicted molar refractivity (Wildman–Crippen MR) is 90.4 cm³/mol. The summed E-state index contributed by atoms with van der Waals surface area (Å²) in [6, 6.07) is 11.4. The van der Waals surface area contributed by atoms with Gasteiger partial charge in [0, 0.05) is 10.5 Å². The van der Waals surface area contributed by atoms with Gasteiger partial charge in [-0.1, -0.05) is 46.6 Å². The lowest BCUT2D eigenvalue weighted by molar-refractivity contribution is 0.546. The van der Waals surface area contributed by atoms with Crippen molar-refractivity contribution >= 4 is 27.5 Å². The van der Waals surface area contributed by atoms with E-state index in [1.54, 1.807) is 12.1 Å². The Hall–Kier alpha value is -0.900. The van der Waals surface area contributed by atoms with Crippen LogP contribution in [0, 0.1) is 12.7 Å². The normalized spacial score (nSPS) is 12.4. The summed E-state index contributed by atoms with van der Waals surface area (Å²) in [6.45, 7) is 5.05. The third-order valence-corrected chi connectivity index (χ3v) is 4.26. The van der Waals surface area contributed by atoms with Gasteiger partial charge in [0.05, 0.1) is 5.02 Å². The third-order valence-electron chi connectivity index (χ3n) is 3.48. The smallest absolute Gasteiger partial charge is 0.141 e. The van der Waals surface area contributed by atoms with Crippen LogP contribution in [0.5, 0.6) is 0 Å². The number of benzene rings is 2. The van der Waals surface area contributed by atoms with Crippen LogP contribution in [-0.4, -0.2) is 6.54 Å². The van der Waals surface area contributed by atoms with Crippen molar-refractivity contribution in [2.24, 2.45) is 0 Å². The summed E-state index contributed by atoms with van der Waals surface area (Å²) >= 11 is 9.36. The molecule has 0 aromatic heterocycles. The molecule has 0 saturated heterocycles. The van der Waals surface area contributed by atoms with Gasteiger partial charge in [-0.2, -0.15) is 0 Å². The summed E-state index contributed by atoms with van der Waals surface area (Å²) in [5.41, 5.74) is 3.50. The van der Waals surface area contributed by atoms with E-state index in [0.717, 1.165) is 23.0 Å². The number of hydrogen-bond donors (Lipinski definition) is 1. The molecule has 0 radical (unpaired) electrons. The molecular weight excluding hydrogens is 353 g/mol. The highest BCUT2D eigenvalue weighted by atomic mass is 79.9. The molecule has 1 nitrogen and oxygen atoms in total. The van der Waals surface area contributed by atoms with Crippen LogP contribution >= 0.6 is 27.5 Å². The fraction of sp³-hybridized carbons (Fsp3) is 0.294. The average molecular weight is 371 g/mol. The van der Waals surface area contributed by atoms with Crippen LogP contribution in [-0.2, 0) is 6.42 Å². The molecule has 0 heterocycles. The number of hydrogen-bond acceptors (Lipinski definition) is 1. The SMILES string of the molecule is CCNC(Cc1ccc(F)c(Cl)c1)c1ccc(Br)cc1C. The summed E-state index contributed by atoms with van der Waals surface area (Å²) < 4.78 is 14.3. The van der Waals surface area contributed by atoms with Gasteiger partial charge in [-0.15, -0.1) is 0 Å². The summed E-state index contributed by atoms with van der Waals surface area (Å²) in [4.78, 5) is 0. The Morgan fingerprint density at radius 1 is 1.24 bits per heavy atom. The highest BCUT2D eigenvalue weighted by molar-refractivity contribution is 9.10. The molecule has 0 bridgehead atoms. The Morgan fingerprint density at radius 2 is 2.00 bits per heavy atom. The van der Waals surface area contributed by atoms with Gasteiger partial charge >= 0.3 is 0 Å². The largest absolute Gasteiger partial charge is 0.310 e. The summed E-state index contributed by atoms with van der Waals surface area (Å²) in [5, 5.41) is 3.67. The van der Waals surface area contributed by atoms with Gasteiger partial charge in [0.15, 0.2) is 0 Å². The van der Waals surface area contributed by atoms with E-state index >= 15 is 0 Å². The van der Waals surface area contributed by atoms with Crippen molar-refractivity contribution in [3.05, 3.63) is 68.4 Å². The number of likely N-dealkylation sites (N-methyl/N-ethyl adjacent to an activating group) is 1. The second-order valence-corrected chi connectivity index (χ2v) is 6.39. The molecule has 1 atom stereocenters. The maximum atomic E-state index is 13.3. The minimum atomic E-state index is -0.375. The molecule has 1 unspecified atom stereocenters. The molecule has 0 fully saturated rings. The minimum Gasteiger partial charge on any atom is -0.310 e. The molecule has 0 spiro atoms. The second kappa shape index (κ2) is 7.39. The second-order valence-electron chi connectivity index (χ2n) is 5.06. The maximum absolute atomic E-state index is 13.3. The van der Waals surface area contributed by atoms with Gasteiger partial charge in [-0.25, -0.2) is 4.39 Å². The van der Waals surface area contributed by atoms with E-state index in [2.05, 4.69) is 47.2 Å². The number of nitrogens with one attached hydrogen (secondary N) is 1. The predicted octanol–water partition coefficient (Wildman–Crippen LogP) is 5.44. The Balaban J connectivity index is 2.28. The first kappa shape index (κ1) is 16.5. The first-order valence-corrected chi connectivity index (χ1v) is 8.11. The first-order chi connectivity index (χ1) is 10.0. The Morgan fingerprint density at radius 3 is 2.62 bits per heavy atom. The van der Waals surface area contributed by atoms with Crippen LogP contribution in [0.3, 0.4) is 0 Å². The maximum Gasteiger partial charge on any atom is 0.141 e. The molecule has 21 heavy (non-hydrogen) atoms. The standard InChI is InChI=1S/C17H18BrClFN/c1-3-21-17(14-6-5-13(18)8-11(14)2)10-12-4-7-16(20)15(19)9-12/h4-9,17,21H,3,10H2,1-2H3. The van der Waals surface area contributed by atoms with Crippen molar-refractivity contribution in [1.82, 2.24) is 5.32 Å². The van der Waals surface area contributed by atoms with E-state index in [1.165, 1.54) is 17.2 Å². The van der Waals surface area contributed by atoms with Gasteiger partial charge in [-0.05, 0) is 60.8 Å². The molecule has 2 aromatic rings. The van der Waals surface area contributed by atoms with E-state index in [1.807, 2.05) is 6.07 Å². The Labute approximate surface area is 138 Å². The summed E-state index contributed by atoms with van der Waals surface area (Å²) in [6.07, 6.45) is 0.774. The molecule has 0 saturated carbocycles. The van der Waals surface area contributed by atoms with Gasteiger partial charge in [0.1, 0.15) is 5.82 Å². The lowest BCUT2D eigenvalue weighted by Crippen LogP contribution is -2.23. The van der Waals surface area contributed by atoms with Crippen molar-refractivity contribution < 1.29 is 4.39 Å². The van der Waals surface area contributed by atoms with Crippen molar-refractivity contribution in [2.45, 2.75) is 26.3 Å². The molecule has 2 aromatic carbocycles. The lowest BCUT2D eigenvalue weighted by Gasteiger charge is -2.21. The van der Waals surface area contributed by atoms with E-state index in [-0.39, 0.29) is 16.9 Å². The molecule has 0 aliphatic carbocycles. The molecule has 0 aliphatic rings. The highest BCUT2D eigenvalue weighted by Crippen LogP contribution is 2.26. The van der Waals surface area contributed by atoms with Crippen LogP contribution in [0.1, 0.15) is 29.7 Å². The fourth-order valence-electron chi connectivity index (χ4n) is 2.47. The number of halogens is 3. The quantitative estimate of drug-likeness (QED) is 0.738. The lowest BCUT2D eigenvalue weighted by atomic mass is 9.95. The minimum absolute atomic E-state index is 0.176. The average Bonchev–Trinajstić information content (AvgIpc) is 2.42. The zero-order valence-electron chi connectivity index (χ0n) is 12.1. The van der Waals surface area contributed by atoms with E-state index < -0.39 is 0 Å². The monoisotopic (exact) mass is 369 g/mol. The van der Waals surface area contributed by atoms with Crippen LogP contribution in [0.25, 0.3) is 0 Å². The Bertz CT molecular complexity index is 630. The van der Waals surface area contributed by atoms with Crippen LogP contribution < -0.4 is 5.32 Å². The van der Waals surface area contributed by atoms with Gasteiger partial charge in [-0.3, -0.25) is 0 Å². The van der Waals surface area contributed by atoms with Crippen LogP contribution in [0.15, 0.2) is 40.9 Å². The van der Waals surface area contributed by atoms with Crippen molar-refractivity contribution in [3.8, 4) is 0 Å². The fourth-order valence-corrected chi connectivity index (χ4v) is 3.15. The van der Waals surface area contributed by atoms with Crippen molar-refractivity contribution in [2.75, 3.05) is 6.54 Å². The summed E-state index contributed by atoms with van der Waals surface area (Å²) in [5.74, 6) is -0.375. The topological polar surface area (TPSA) is 12.0 Å². The summed E-state index contributed by atoms with van der Waals surface area (Å²) in [7, 11) is 0. The van der Waals surface area contributed by atoms with Crippen LogP contribution in [0.2, 0.25) is 5.02 Å². The van der Waals surface area contributed by atoms with Crippen molar-refractivity contribution in [3.63, 3.8) is 0 Å². The molecule has 0 amide bonds. The third kappa shape index (κ3) is 4.29. The Kier molecular flexibility index (Phi) is 5.80. The van der Waals surface area contributed by atoms with Crippen LogP contribution in [0.4, 0.5) is 4.39 Å². The highest BCUT2D eigenvalue weighted by Gasteiger charge is 2.14. The number of aryl methyl sites for hydroxylation is 1.